The quantitative estimate of drug-likeness (QED) is 0.276. The summed E-state index contributed by atoms with van der Waals surface area (Å²) in [4.78, 5) is 0. The van der Waals surface area contributed by atoms with E-state index in [0.29, 0.717) is 0 Å². The van der Waals surface area contributed by atoms with Crippen molar-refractivity contribution in [2.75, 3.05) is 0 Å². The Kier molecular flexibility index (Phi) is 6.33. The third-order valence-corrected chi connectivity index (χ3v) is 2.59. The Morgan fingerprint density at radius 3 is 2.33 bits per heavy atom. The summed E-state index contributed by atoms with van der Waals surface area (Å²) in [6, 6.07) is 0. The molecule has 0 unspecified atom stereocenters. The van der Waals surface area contributed by atoms with E-state index in [0.717, 1.165) is 18.4 Å². The lowest BCUT2D eigenvalue weighted by Gasteiger charge is -2.14. The average molecular weight is 224 g/mol. The first kappa shape index (κ1) is 14.2. The molecule has 0 rings (SSSR count). The lowest BCUT2D eigenvalue weighted by Crippen LogP contribution is -2.21. The smallest absolute Gasteiger partial charge is 0.241 e. The van der Waals surface area contributed by atoms with Crippen LogP contribution < -0.4 is 0 Å². The molecule has 0 fully saturated rings. The van der Waals surface area contributed by atoms with Gasteiger partial charge in [0.25, 0.3) is 0 Å². The minimum absolute atomic E-state index is 1.01. The summed E-state index contributed by atoms with van der Waals surface area (Å²) in [7, 11) is -1.41. The molecule has 1 nitrogen and oxygen atoms in total. The van der Waals surface area contributed by atoms with Gasteiger partial charge < -0.3 is 4.43 Å². The van der Waals surface area contributed by atoms with Crippen molar-refractivity contribution in [3.05, 3.63) is 36.1 Å². The SMILES string of the molecule is C=C(C=CO[Si](C)(C)C)CCC=C(C)C. The highest BCUT2D eigenvalue weighted by Gasteiger charge is 2.12. The van der Waals surface area contributed by atoms with Crippen molar-refractivity contribution in [2.45, 2.75) is 46.3 Å². The molecule has 0 aliphatic rings. The van der Waals surface area contributed by atoms with Gasteiger partial charge in [-0.15, -0.1) is 0 Å². The van der Waals surface area contributed by atoms with Crippen molar-refractivity contribution in [1.82, 2.24) is 0 Å². The largest absolute Gasteiger partial charge is 0.550 e. The lowest BCUT2D eigenvalue weighted by molar-refractivity contribution is 0.479. The first-order valence-electron chi connectivity index (χ1n) is 5.47. The number of hydrogen-bond acceptors (Lipinski definition) is 1. The van der Waals surface area contributed by atoms with Crippen LogP contribution in [-0.2, 0) is 4.43 Å². The standard InChI is InChI=1S/C13H24OSi/c1-12(2)8-7-9-13(3)10-11-14-15(4,5)6/h8,10-11H,3,7,9H2,1-2,4-6H3. The van der Waals surface area contributed by atoms with Crippen molar-refractivity contribution in [3.8, 4) is 0 Å². The van der Waals surface area contributed by atoms with Gasteiger partial charge in [0.1, 0.15) is 0 Å². The summed E-state index contributed by atoms with van der Waals surface area (Å²) in [5, 5.41) is 0. The van der Waals surface area contributed by atoms with Crippen molar-refractivity contribution in [2.24, 2.45) is 0 Å². The van der Waals surface area contributed by atoms with E-state index in [1.165, 1.54) is 5.57 Å². The molecule has 0 aromatic carbocycles. The van der Waals surface area contributed by atoms with Crippen molar-refractivity contribution in [1.29, 1.82) is 0 Å². The Hall–Kier alpha value is -0.763. The van der Waals surface area contributed by atoms with Crippen LogP contribution in [0.25, 0.3) is 0 Å². The molecule has 0 aliphatic carbocycles. The molecule has 0 spiro atoms. The summed E-state index contributed by atoms with van der Waals surface area (Å²) in [5.74, 6) is 0. The van der Waals surface area contributed by atoms with Crippen LogP contribution in [0, 0.1) is 0 Å². The molecule has 0 N–H and O–H groups in total. The fourth-order valence-electron chi connectivity index (χ4n) is 0.964. The molecule has 0 radical (unpaired) electrons. The first-order valence-corrected chi connectivity index (χ1v) is 8.87. The maximum absolute atomic E-state index is 5.61. The van der Waals surface area contributed by atoms with E-state index in [1.54, 1.807) is 6.26 Å². The molecule has 0 atom stereocenters. The zero-order valence-corrected chi connectivity index (χ0v) is 11.8. The fraction of sp³-hybridized carbons (Fsp3) is 0.538. The zero-order chi connectivity index (χ0) is 11.9. The third kappa shape index (κ3) is 11.2. The van der Waals surface area contributed by atoms with Gasteiger partial charge in [-0.05, 0) is 52.4 Å². The maximum atomic E-state index is 5.61. The monoisotopic (exact) mass is 224 g/mol. The van der Waals surface area contributed by atoms with Gasteiger partial charge in [-0.1, -0.05) is 23.8 Å². The van der Waals surface area contributed by atoms with Crippen LogP contribution in [0.2, 0.25) is 19.6 Å². The molecule has 0 aromatic rings. The molecule has 0 heterocycles. The molecule has 86 valence electrons. The highest BCUT2D eigenvalue weighted by Crippen LogP contribution is 2.08. The van der Waals surface area contributed by atoms with Gasteiger partial charge in [0.05, 0.1) is 6.26 Å². The molecule has 0 saturated heterocycles. The van der Waals surface area contributed by atoms with Crippen LogP contribution in [-0.4, -0.2) is 8.32 Å². The predicted octanol–water partition coefficient (Wildman–Crippen LogP) is 4.65. The molecule has 0 amide bonds. The van der Waals surface area contributed by atoms with Crippen molar-refractivity contribution >= 4 is 8.32 Å². The Morgan fingerprint density at radius 1 is 1.27 bits per heavy atom. The molecule has 15 heavy (non-hydrogen) atoms. The van der Waals surface area contributed by atoms with Crippen LogP contribution in [0.1, 0.15) is 26.7 Å². The van der Waals surface area contributed by atoms with Gasteiger partial charge in [0.15, 0.2) is 0 Å². The summed E-state index contributed by atoms with van der Waals surface area (Å²) < 4.78 is 5.61. The molecular formula is C13H24OSi. The highest BCUT2D eigenvalue weighted by atomic mass is 28.4. The minimum atomic E-state index is -1.41. The van der Waals surface area contributed by atoms with Crippen LogP contribution in [0.15, 0.2) is 36.1 Å². The normalized spacial score (nSPS) is 11.5. The van der Waals surface area contributed by atoms with Crippen LogP contribution in [0.5, 0.6) is 0 Å². The zero-order valence-electron chi connectivity index (χ0n) is 10.8. The minimum Gasteiger partial charge on any atom is -0.550 e. The molecule has 0 bridgehead atoms. The summed E-state index contributed by atoms with van der Waals surface area (Å²) >= 11 is 0. The van der Waals surface area contributed by atoms with E-state index in [2.05, 4.69) is 46.1 Å². The molecular weight excluding hydrogens is 200 g/mol. The lowest BCUT2D eigenvalue weighted by atomic mass is 10.1. The van der Waals surface area contributed by atoms with E-state index in [4.69, 9.17) is 4.43 Å². The van der Waals surface area contributed by atoms with E-state index >= 15 is 0 Å². The topological polar surface area (TPSA) is 9.23 Å². The third-order valence-electron chi connectivity index (χ3n) is 1.74. The van der Waals surface area contributed by atoms with Gasteiger partial charge in [-0.25, -0.2) is 0 Å². The van der Waals surface area contributed by atoms with Gasteiger partial charge in [0, 0.05) is 0 Å². The van der Waals surface area contributed by atoms with E-state index in [9.17, 15) is 0 Å². The van der Waals surface area contributed by atoms with Gasteiger partial charge in [-0.3, -0.25) is 0 Å². The van der Waals surface area contributed by atoms with Crippen LogP contribution in [0.4, 0.5) is 0 Å². The molecule has 0 aliphatic heterocycles. The van der Waals surface area contributed by atoms with Gasteiger partial charge in [-0.2, -0.15) is 0 Å². The molecule has 0 aromatic heterocycles. The number of rotatable bonds is 6. The average Bonchev–Trinajstić information content (AvgIpc) is 2.00. The van der Waals surface area contributed by atoms with E-state index in [-0.39, 0.29) is 0 Å². The number of allylic oxidation sites excluding steroid dienone is 4. The van der Waals surface area contributed by atoms with Crippen molar-refractivity contribution in [3.63, 3.8) is 0 Å². The Labute approximate surface area is 95.7 Å². The van der Waals surface area contributed by atoms with E-state index < -0.39 is 8.32 Å². The predicted molar refractivity (Wildman–Crippen MR) is 71.4 cm³/mol. The molecule has 2 heteroatoms. The Bertz CT molecular complexity index is 252. The second-order valence-corrected chi connectivity index (χ2v) is 9.47. The molecule has 0 saturated carbocycles. The maximum Gasteiger partial charge on any atom is 0.241 e. The highest BCUT2D eigenvalue weighted by molar-refractivity contribution is 6.69. The summed E-state index contributed by atoms with van der Waals surface area (Å²) in [6.45, 7) is 14.7. The summed E-state index contributed by atoms with van der Waals surface area (Å²) in [5.41, 5.74) is 2.50. The van der Waals surface area contributed by atoms with Gasteiger partial charge >= 0.3 is 0 Å². The second-order valence-electron chi connectivity index (χ2n) is 5.01. The van der Waals surface area contributed by atoms with Crippen LogP contribution in [0.3, 0.4) is 0 Å². The van der Waals surface area contributed by atoms with Crippen molar-refractivity contribution < 1.29 is 4.43 Å². The fourth-order valence-corrected chi connectivity index (χ4v) is 1.44. The Morgan fingerprint density at radius 2 is 1.87 bits per heavy atom. The van der Waals surface area contributed by atoms with Crippen LogP contribution >= 0.6 is 0 Å². The number of hydrogen-bond donors (Lipinski definition) is 0. The van der Waals surface area contributed by atoms with Gasteiger partial charge in [0.2, 0.25) is 8.32 Å². The van der Waals surface area contributed by atoms with E-state index in [1.807, 2.05) is 6.08 Å². The second kappa shape index (κ2) is 6.67. The first-order chi connectivity index (χ1) is 6.81. The Balaban J connectivity index is 3.80. The summed E-state index contributed by atoms with van der Waals surface area (Å²) in [6.07, 6.45) is 8.10.